The predicted octanol–water partition coefficient (Wildman–Crippen LogP) is 1.63. The second kappa shape index (κ2) is 25.8. The summed E-state index contributed by atoms with van der Waals surface area (Å²) in [7, 11) is 0. The second-order valence-corrected chi connectivity index (χ2v) is 20.0. The maximum atomic E-state index is 14.9. The van der Waals surface area contributed by atoms with E-state index in [1.165, 1.54) is 16.7 Å². The molecule has 11 N–H and O–H groups in total. The van der Waals surface area contributed by atoms with Gasteiger partial charge in [0.05, 0.1) is 0 Å². The van der Waals surface area contributed by atoms with Crippen LogP contribution in [-0.2, 0) is 64.0 Å². The van der Waals surface area contributed by atoms with Gasteiger partial charge in [-0.2, -0.15) is 0 Å². The second-order valence-electron chi connectivity index (χ2n) is 20.0. The molecule has 4 aromatic carbocycles. The van der Waals surface area contributed by atoms with Gasteiger partial charge < -0.3 is 57.7 Å². The first kappa shape index (κ1) is 54.7. The Morgan fingerprint density at radius 2 is 0.987 bits per heavy atom. The summed E-state index contributed by atoms with van der Waals surface area (Å²) < 4.78 is 0. The number of nitrogens with one attached hydrogen (secondary N) is 9. The minimum absolute atomic E-state index is 0.0239. The molecule has 20 heteroatoms. The van der Waals surface area contributed by atoms with Gasteiger partial charge in [0.15, 0.2) is 5.96 Å². The van der Waals surface area contributed by atoms with Crippen molar-refractivity contribution < 1.29 is 38.4 Å². The van der Waals surface area contributed by atoms with Gasteiger partial charge in [-0.1, -0.05) is 109 Å². The number of para-hydroxylation sites is 1. The highest BCUT2D eigenvalue weighted by atomic mass is 16.2. The summed E-state index contributed by atoms with van der Waals surface area (Å²) in [5.41, 5.74) is 9.12. The number of aromatic nitrogens is 1. The number of amides is 8. The molecule has 4 heterocycles. The summed E-state index contributed by atoms with van der Waals surface area (Å²) in [5, 5.41) is 28.3. The summed E-state index contributed by atoms with van der Waals surface area (Å²) >= 11 is 0. The van der Waals surface area contributed by atoms with E-state index in [0.29, 0.717) is 36.0 Å². The lowest BCUT2D eigenvalue weighted by atomic mass is 10.00. The molecule has 5 aromatic rings. The molecule has 8 atom stereocenters. The number of aromatic amines is 1. The van der Waals surface area contributed by atoms with Gasteiger partial charge in [0, 0.05) is 62.4 Å². The number of rotatable bonds is 12. The standard InChI is InChI=1S/C57H68N12O8/c1-35-49(70)67-46(32-38-20-9-4-10-21-38)55(76)69-29-15-26-48(69)56(77)68-28-14-25-47(68)54(75)63-42(24-13-27-60-57(58)59)50(71)64-43(30-36-16-5-2-6-17-36)52(73)65-44(31-37-18-7-3-8-19-37)53(74)66-45(51(72)62-35)33-39-34-61-41-23-12-11-22-40(39)41/h2-12,16-23,34-35,42-48,61H,13-15,24-33H2,1H3,(H,62,72)(H,63,75)(H,64,71)(H,65,73)(H,66,74)(H,67,70)(H4,58,59,60)/t35-,42-,43-,44-,45-,46-,47-,48+/m0/s1. The molecule has 0 bridgehead atoms. The van der Waals surface area contributed by atoms with E-state index in [9.17, 15) is 38.4 Å². The van der Waals surface area contributed by atoms with Crippen LogP contribution in [0.4, 0.5) is 0 Å². The van der Waals surface area contributed by atoms with Crippen LogP contribution in [0.2, 0.25) is 0 Å². The predicted molar refractivity (Wildman–Crippen MR) is 288 cm³/mol. The maximum absolute atomic E-state index is 14.9. The largest absolute Gasteiger partial charge is 0.370 e. The van der Waals surface area contributed by atoms with Crippen molar-refractivity contribution in [3.05, 3.63) is 144 Å². The molecule has 0 unspecified atom stereocenters. The van der Waals surface area contributed by atoms with Crippen LogP contribution in [0.25, 0.3) is 10.9 Å². The minimum atomic E-state index is -1.32. The lowest BCUT2D eigenvalue weighted by Crippen LogP contribution is -2.61. The monoisotopic (exact) mass is 1050 g/mol. The molecule has 1 aromatic heterocycles. The van der Waals surface area contributed by atoms with Crippen molar-refractivity contribution in [2.45, 2.75) is 119 Å². The Labute approximate surface area is 446 Å². The molecule has 3 fully saturated rings. The highest BCUT2D eigenvalue weighted by molar-refractivity contribution is 5.99. The molecule has 20 nitrogen and oxygen atoms in total. The highest BCUT2D eigenvalue weighted by Gasteiger charge is 2.45. The van der Waals surface area contributed by atoms with Gasteiger partial charge in [0.1, 0.15) is 48.3 Å². The average Bonchev–Trinajstić information content (AvgIpc) is 4.25. The topological polar surface area (TPSA) is 293 Å². The number of hydrogen-bond acceptors (Lipinski definition) is 9. The molecule has 77 heavy (non-hydrogen) atoms. The van der Waals surface area contributed by atoms with Crippen LogP contribution < -0.4 is 43.0 Å². The highest BCUT2D eigenvalue weighted by Crippen LogP contribution is 2.27. The Bertz CT molecular complexity index is 2920. The van der Waals surface area contributed by atoms with Gasteiger partial charge in [-0.15, -0.1) is 0 Å². The average molecular weight is 1050 g/mol. The van der Waals surface area contributed by atoms with Crippen molar-refractivity contribution in [1.29, 1.82) is 5.41 Å². The van der Waals surface area contributed by atoms with Crippen molar-refractivity contribution in [2.75, 3.05) is 19.6 Å². The van der Waals surface area contributed by atoms with E-state index in [1.54, 1.807) is 54.7 Å². The van der Waals surface area contributed by atoms with Gasteiger partial charge >= 0.3 is 0 Å². The van der Waals surface area contributed by atoms with E-state index in [1.807, 2.05) is 66.7 Å². The molecule has 0 aliphatic carbocycles. The van der Waals surface area contributed by atoms with Crippen LogP contribution in [0.1, 0.15) is 67.7 Å². The van der Waals surface area contributed by atoms with E-state index < -0.39 is 95.6 Å². The Kier molecular flexibility index (Phi) is 18.3. The zero-order valence-electron chi connectivity index (χ0n) is 43.1. The number of carbonyl (C=O) groups is 8. The van der Waals surface area contributed by atoms with Crippen LogP contribution in [0.3, 0.4) is 0 Å². The van der Waals surface area contributed by atoms with Gasteiger partial charge in [-0.3, -0.25) is 43.8 Å². The van der Waals surface area contributed by atoms with Crippen LogP contribution >= 0.6 is 0 Å². The van der Waals surface area contributed by atoms with Crippen LogP contribution in [0, 0.1) is 5.41 Å². The fraction of sp³-hybridized carbons (Fsp3) is 0.386. The van der Waals surface area contributed by atoms with Crippen molar-refractivity contribution in [2.24, 2.45) is 5.73 Å². The minimum Gasteiger partial charge on any atom is -0.370 e. The molecule has 0 radical (unpaired) electrons. The number of carbonyl (C=O) groups excluding carboxylic acids is 8. The third kappa shape index (κ3) is 14.2. The fourth-order valence-electron chi connectivity index (χ4n) is 10.4. The van der Waals surface area contributed by atoms with E-state index in [0.717, 1.165) is 16.5 Å². The zero-order valence-corrected chi connectivity index (χ0v) is 43.1. The summed E-state index contributed by atoms with van der Waals surface area (Å²) in [5.74, 6) is -5.41. The normalized spacial score (nSPS) is 24.3. The summed E-state index contributed by atoms with van der Waals surface area (Å²) in [6.07, 6.45) is 3.54. The molecule has 8 amide bonds. The molecular weight excluding hydrogens is 981 g/mol. The van der Waals surface area contributed by atoms with Gasteiger partial charge in [0.25, 0.3) is 0 Å². The summed E-state index contributed by atoms with van der Waals surface area (Å²) in [6, 6.07) is 24.9. The van der Waals surface area contributed by atoms with Crippen LogP contribution in [0.5, 0.6) is 0 Å². The molecule has 3 aliphatic rings. The lowest BCUT2D eigenvalue weighted by molar-refractivity contribution is -0.148. The first-order valence-corrected chi connectivity index (χ1v) is 26.4. The maximum Gasteiger partial charge on any atom is 0.246 e. The number of hydrogen-bond donors (Lipinski definition) is 10. The zero-order chi connectivity index (χ0) is 54.4. The van der Waals surface area contributed by atoms with Crippen LogP contribution in [0.15, 0.2) is 121 Å². The summed E-state index contributed by atoms with van der Waals surface area (Å²) in [6.45, 7) is 2.08. The number of guanidine groups is 1. The number of nitrogens with two attached hydrogens (primary N) is 1. The molecule has 0 saturated carbocycles. The van der Waals surface area contributed by atoms with Gasteiger partial charge in [-0.25, -0.2) is 0 Å². The van der Waals surface area contributed by atoms with E-state index >= 15 is 0 Å². The smallest absolute Gasteiger partial charge is 0.246 e. The molecule has 404 valence electrons. The van der Waals surface area contributed by atoms with E-state index in [4.69, 9.17) is 11.1 Å². The third-order valence-electron chi connectivity index (χ3n) is 14.5. The molecule has 3 saturated heterocycles. The van der Waals surface area contributed by atoms with Gasteiger partial charge in [0.2, 0.25) is 47.3 Å². The molecular formula is C57H68N12O8. The number of nitrogens with zero attached hydrogens (tertiary/aromatic N) is 2. The van der Waals surface area contributed by atoms with E-state index in [2.05, 4.69) is 42.2 Å². The Balaban J connectivity index is 1.17. The number of benzene rings is 4. The molecule has 8 rings (SSSR count). The third-order valence-corrected chi connectivity index (χ3v) is 14.5. The number of fused-ring (bicyclic) bond motifs is 3. The fourth-order valence-corrected chi connectivity index (χ4v) is 10.4. The quantitative estimate of drug-likeness (QED) is 0.0490. The van der Waals surface area contributed by atoms with Crippen molar-refractivity contribution >= 4 is 64.1 Å². The molecule has 3 aliphatic heterocycles. The SMILES string of the molecule is C[C@@H]1NC(=O)[C@H](Cc2c[nH]c3ccccc23)NC(=O)[C@H](Cc2ccccc2)NC(=O)[C@H](Cc2ccccc2)NC(=O)[C@H](CCCNC(=N)N)NC(=O)[C@@H]2CCCN2C(=O)[C@H]2CCCN2C(=O)[C@H](Cc2ccccc2)NC1=O. The Morgan fingerprint density at radius 3 is 1.56 bits per heavy atom. The van der Waals surface area contributed by atoms with Crippen molar-refractivity contribution in [3.8, 4) is 0 Å². The number of H-pyrrole nitrogens is 1. The molecule has 0 spiro atoms. The summed E-state index contributed by atoms with van der Waals surface area (Å²) in [4.78, 5) is 124. The Morgan fingerprint density at radius 1 is 0.532 bits per heavy atom. The first-order valence-electron chi connectivity index (χ1n) is 26.4. The Hall–Kier alpha value is -8.55. The van der Waals surface area contributed by atoms with E-state index in [-0.39, 0.29) is 70.5 Å². The van der Waals surface area contributed by atoms with Crippen molar-refractivity contribution in [1.82, 2.24) is 52.0 Å². The first-order chi connectivity index (χ1) is 37.2. The van der Waals surface area contributed by atoms with Crippen molar-refractivity contribution in [3.63, 3.8) is 0 Å². The van der Waals surface area contributed by atoms with Gasteiger partial charge in [-0.05, 0) is 73.8 Å². The van der Waals surface area contributed by atoms with Crippen LogP contribution in [-0.4, -0.2) is 136 Å². The lowest BCUT2D eigenvalue weighted by Gasteiger charge is -2.34.